The number of amides is 1. The van der Waals surface area contributed by atoms with Crippen LogP contribution in [0, 0.1) is 26.7 Å². The highest BCUT2D eigenvalue weighted by molar-refractivity contribution is 5.98. The number of aryl methyl sites for hydroxylation is 2. The minimum Gasteiger partial charge on any atom is -0.478 e. The summed E-state index contributed by atoms with van der Waals surface area (Å²) in [6.07, 6.45) is 7.92. The molecule has 5 heteroatoms. The van der Waals surface area contributed by atoms with Crippen LogP contribution < -0.4 is 5.32 Å². The molecule has 0 aliphatic heterocycles. The van der Waals surface area contributed by atoms with Crippen molar-refractivity contribution in [3.8, 4) is 11.1 Å². The second-order valence-electron chi connectivity index (χ2n) is 9.91. The highest BCUT2D eigenvalue weighted by atomic mass is 16.4. The van der Waals surface area contributed by atoms with Gasteiger partial charge in [0.05, 0.1) is 5.92 Å². The van der Waals surface area contributed by atoms with Gasteiger partial charge in [0.1, 0.15) is 0 Å². The van der Waals surface area contributed by atoms with Crippen LogP contribution in [0.15, 0.2) is 60.3 Å². The smallest absolute Gasteiger partial charge is 0.331 e. The number of carbonyl (C=O) groups is 2. The van der Waals surface area contributed by atoms with Crippen molar-refractivity contribution < 1.29 is 14.7 Å². The quantitative estimate of drug-likeness (QED) is 0.353. The molecule has 1 atom stereocenters. The molecule has 0 radical (unpaired) electrons. The van der Waals surface area contributed by atoms with Gasteiger partial charge in [-0.2, -0.15) is 0 Å². The summed E-state index contributed by atoms with van der Waals surface area (Å²) in [7, 11) is 0. The summed E-state index contributed by atoms with van der Waals surface area (Å²) in [5, 5.41) is 12.4. The third kappa shape index (κ3) is 5.56. The molecule has 2 aromatic carbocycles. The molecule has 1 saturated carbocycles. The Morgan fingerprint density at radius 3 is 2.36 bits per heavy atom. The van der Waals surface area contributed by atoms with Crippen LogP contribution in [0.5, 0.6) is 0 Å². The number of hydrogen-bond donors (Lipinski definition) is 2. The Balaban J connectivity index is 1.61. The number of nitrogens with one attached hydrogen (secondary N) is 1. The molecule has 1 heterocycles. The average Bonchev–Trinajstić information content (AvgIpc) is 3.38. The third-order valence-electron chi connectivity index (χ3n) is 7.44. The summed E-state index contributed by atoms with van der Waals surface area (Å²) >= 11 is 0. The van der Waals surface area contributed by atoms with Crippen molar-refractivity contribution in [2.75, 3.05) is 5.32 Å². The Morgan fingerprint density at radius 1 is 1.03 bits per heavy atom. The minimum absolute atomic E-state index is 0.0123. The van der Waals surface area contributed by atoms with Gasteiger partial charge in [-0.3, -0.25) is 9.78 Å². The summed E-state index contributed by atoms with van der Waals surface area (Å²) in [5.41, 5.74) is 7.98. The van der Waals surface area contributed by atoms with Gasteiger partial charge in [0.2, 0.25) is 5.91 Å². The SMILES string of the molecule is C/C(=C\c1cccc(NC(=O)[C@@H](c2ccc(-c3cnc(C)c(C)c3)cc2)C2CCCC2)c1C)C(=O)O. The number of carbonyl (C=O) groups excluding carboxylic acids is 1. The van der Waals surface area contributed by atoms with E-state index < -0.39 is 5.97 Å². The lowest BCUT2D eigenvalue weighted by Crippen LogP contribution is -2.27. The van der Waals surface area contributed by atoms with Gasteiger partial charge < -0.3 is 10.4 Å². The van der Waals surface area contributed by atoms with E-state index in [1.165, 1.54) is 0 Å². The molecule has 2 N–H and O–H groups in total. The molecule has 1 amide bonds. The van der Waals surface area contributed by atoms with Crippen molar-refractivity contribution >= 4 is 23.6 Å². The molecular formula is C31H34N2O3. The van der Waals surface area contributed by atoms with Crippen LogP contribution in [0.4, 0.5) is 5.69 Å². The monoisotopic (exact) mass is 482 g/mol. The molecule has 1 fully saturated rings. The summed E-state index contributed by atoms with van der Waals surface area (Å²) in [5.74, 6) is -0.901. The van der Waals surface area contributed by atoms with E-state index in [0.717, 1.165) is 64.8 Å². The van der Waals surface area contributed by atoms with Crippen LogP contribution >= 0.6 is 0 Å². The highest BCUT2D eigenvalue weighted by Crippen LogP contribution is 2.39. The Kier molecular flexibility index (Phi) is 7.68. The van der Waals surface area contributed by atoms with Crippen molar-refractivity contribution in [3.05, 3.63) is 88.2 Å². The van der Waals surface area contributed by atoms with E-state index in [1.807, 2.05) is 38.2 Å². The van der Waals surface area contributed by atoms with Gasteiger partial charge in [0, 0.05) is 28.7 Å². The van der Waals surface area contributed by atoms with Crippen molar-refractivity contribution in [1.29, 1.82) is 0 Å². The number of hydrogen-bond acceptors (Lipinski definition) is 3. The van der Waals surface area contributed by atoms with E-state index in [2.05, 4.69) is 47.6 Å². The van der Waals surface area contributed by atoms with E-state index >= 15 is 0 Å². The van der Waals surface area contributed by atoms with Crippen molar-refractivity contribution in [2.24, 2.45) is 5.92 Å². The Bertz CT molecular complexity index is 1300. The van der Waals surface area contributed by atoms with Gasteiger partial charge in [-0.05, 0) is 92.5 Å². The van der Waals surface area contributed by atoms with Gasteiger partial charge in [0.15, 0.2) is 0 Å². The maximum Gasteiger partial charge on any atom is 0.331 e. The fraction of sp³-hybridized carbons (Fsp3) is 0.323. The Hall–Kier alpha value is -3.73. The second-order valence-corrected chi connectivity index (χ2v) is 9.91. The molecule has 5 nitrogen and oxygen atoms in total. The van der Waals surface area contributed by atoms with Crippen LogP contribution in [-0.4, -0.2) is 22.0 Å². The van der Waals surface area contributed by atoms with E-state index in [1.54, 1.807) is 13.0 Å². The lowest BCUT2D eigenvalue weighted by atomic mass is 9.83. The first-order valence-corrected chi connectivity index (χ1v) is 12.6. The molecular weight excluding hydrogens is 448 g/mol. The number of carboxylic acids is 1. The third-order valence-corrected chi connectivity index (χ3v) is 7.44. The van der Waals surface area contributed by atoms with Crippen LogP contribution in [0.3, 0.4) is 0 Å². The number of rotatable bonds is 7. The van der Waals surface area contributed by atoms with Gasteiger partial charge in [-0.1, -0.05) is 49.2 Å². The summed E-state index contributed by atoms with van der Waals surface area (Å²) in [6, 6.07) is 16.1. The molecule has 186 valence electrons. The molecule has 0 saturated heterocycles. The number of pyridine rings is 1. The van der Waals surface area contributed by atoms with Crippen LogP contribution in [0.2, 0.25) is 0 Å². The number of nitrogens with zero attached hydrogens (tertiary/aromatic N) is 1. The van der Waals surface area contributed by atoms with Crippen LogP contribution in [0.1, 0.15) is 66.5 Å². The molecule has 36 heavy (non-hydrogen) atoms. The van der Waals surface area contributed by atoms with Gasteiger partial charge in [-0.25, -0.2) is 4.79 Å². The summed E-state index contributed by atoms with van der Waals surface area (Å²) in [4.78, 5) is 29.5. The normalized spacial score (nSPS) is 15.1. The predicted molar refractivity (Wildman–Crippen MR) is 145 cm³/mol. The van der Waals surface area contributed by atoms with Crippen LogP contribution in [0.25, 0.3) is 17.2 Å². The highest BCUT2D eigenvalue weighted by Gasteiger charge is 2.32. The first-order chi connectivity index (χ1) is 17.2. The second kappa shape index (κ2) is 10.9. The predicted octanol–water partition coefficient (Wildman–Crippen LogP) is 7.07. The zero-order chi connectivity index (χ0) is 25.8. The molecule has 1 aromatic heterocycles. The molecule has 0 unspecified atom stereocenters. The van der Waals surface area contributed by atoms with Crippen molar-refractivity contribution in [2.45, 2.75) is 59.3 Å². The largest absolute Gasteiger partial charge is 0.478 e. The first kappa shape index (κ1) is 25.4. The maximum absolute atomic E-state index is 13.7. The van der Waals surface area contributed by atoms with Gasteiger partial charge in [-0.15, -0.1) is 0 Å². The number of benzene rings is 2. The molecule has 4 rings (SSSR count). The van der Waals surface area contributed by atoms with E-state index in [-0.39, 0.29) is 17.4 Å². The maximum atomic E-state index is 13.7. The van der Waals surface area contributed by atoms with Gasteiger partial charge in [0.25, 0.3) is 0 Å². The lowest BCUT2D eigenvalue weighted by molar-refractivity contribution is -0.132. The fourth-order valence-electron chi connectivity index (χ4n) is 5.06. The van der Waals surface area contributed by atoms with E-state index in [0.29, 0.717) is 11.6 Å². The summed E-state index contributed by atoms with van der Waals surface area (Å²) < 4.78 is 0. The number of aromatic nitrogens is 1. The zero-order valence-corrected chi connectivity index (χ0v) is 21.5. The average molecular weight is 483 g/mol. The molecule has 0 spiro atoms. The molecule has 1 aliphatic carbocycles. The van der Waals surface area contributed by atoms with Crippen molar-refractivity contribution in [3.63, 3.8) is 0 Å². The number of carboxylic acid groups (broad SMARTS) is 1. The fourth-order valence-corrected chi connectivity index (χ4v) is 5.06. The number of aliphatic carboxylic acids is 1. The molecule has 0 bridgehead atoms. The Labute approximate surface area is 213 Å². The van der Waals surface area contributed by atoms with E-state index in [9.17, 15) is 14.7 Å². The topological polar surface area (TPSA) is 79.3 Å². The summed E-state index contributed by atoms with van der Waals surface area (Å²) in [6.45, 7) is 7.55. The number of anilines is 1. The molecule has 1 aliphatic rings. The van der Waals surface area contributed by atoms with Gasteiger partial charge >= 0.3 is 5.97 Å². The molecule has 3 aromatic rings. The first-order valence-electron chi connectivity index (χ1n) is 12.6. The lowest BCUT2D eigenvalue weighted by Gasteiger charge is -2.24. The minimum atomic E-state index is -0.954. The van der Waals surface area contributed by atoms with Crippen molar-refractivity contribution in [1.82, 2.24) is 4.98 Å². The standard InChI is InChI=1S/C31H34N2O3/c1-19-16-27(18-32-22(19)4)23-12-14-25(15-13-23)29(24-8-5-6-9-24)30(34)33-28-11-7-10-26(21(28)3)17-20(2)31(35)36/h7,10-18,24,29H,5-6,8-9H2,1-4H3,(H,33,34)(H,35,36)/b20-17+/t29-/m1/s1. The van der Waals surface area contributed by atoms with Crippen LogP contribution in [-0.2, 0) is 9.59 Å². The van der Waals surface area contributed by atoms with E-state index in [4.69, 9.17) is 0 Å². The zero-order valence-electron chi connectivity index (χ0n) is 21.5. The Morgan fingerprint density at radius 2 is 1.72 bits per heavy atom.